The number of likely N-dealkylation sites (N-methyl/N-ethyl adjacent to an activating group) is 1. The van der Waals surface area contributed by atoms with E-state index in [0.29, 0.717) is 18.1 Å². The van der Waals surface area contributed by atoms with Gasteiger partial charge in [-0.15, -0.1) is 0 Å². The van der Waals surface area contributed by atoms with Crippen LogP contribution in [0.1, 0.15) is 39.2 Å². The van der Waals surface area contributed by atoms with Gasteiger partial charge >= 0.3 is 12.0 Å². The highest BCUT2D eigenvalue weighted by Crippen LogP contribution is 2.26. The predicted octanol–water partition coefficient (Wildman–Crippen LogP) is 2.85. The first kappa shape index (κ1) is 20.5. The number of benzene rings is 1. The molecule has 1 aromatic rings. The van der Waals surface area contributed by atoms with Crippen LogP contribution in [0.4, 0.5) is 4.79 Å². The van der Waals surface area contributed by atoms with Crippen LogP contribution in [0.25, 0.3) is 0 Å². The molecule has 0 saturated heterocycles. The molecule has 0 heterocycles. The van der Waals surface area contributed by atoms with Crippen molar-refractivity contribution in [3.05, 3.63) is 34.9 Å². The highest BCUT2D eigenvalue weighted by molar-refractivity contribution is 6.30. The Bertz CT molecular complexity index is 627. The van der Waals surface area contributed by atoms with Crippen LogP contribution >= 0.6 is 11.6 Å². The Balaban J connectivity index is 1.74. The minimum atomic E-state index is -0.814. The van der Waals surface area contributed by atoms with Gasteiger partial charge in [0.1, 0.15) is 0 Å². The van der Waals surface area contributed by atoms with Crippen molar-refractivity contribution in [2.45, 2.75) is 51.1 Å². The first-order chi connectivity index (χ1) is 12.2. The molecule has 144 valence electrons. The minimum Gasteiger partial charge on any atom is -0.480 e. The highest BCUT2D eigenvalue weighted by Gasteiger charge is 2.34. The molecular formula is C19H28ClN3O3. The van der Waals surface area contributed by atoms with E-state index in [1.54, 1.807) is 0 Å². The second-order valence-corrected chi connectivity index (χ2v) is 7.93. The van der Waals surface area contributed by atoms with Gasteiger partial charge in [0.25, 0.3) is 0 Å². The number of carbonyl (C=O) groups excluding carboxylic acids is 1. The molecule has 0 bridgehead atoms. The Hall–Kier alpha value is -1.79. The number of nitrogens with one attached hydrogen (secondary N) is 2. The summed E-state index contributed by atoms with van der Waals surface area (Å²) >= 11 is 5.93. The van der Waals surface area contributed by atoms with E-state index in [2.05, 4.69) is 24.5 Å². The molecule has 26 heavy (non-hydrogen) atoms. The summed E-state index contributed by atoms with van der Waals surface area (Å²) in [4.78, 5) is 24.9. The van der Waals surface area contributed by atoms with Gasteiger partial charge in [-0.05, 0) is 37.1 Å². The van der Waals surface area contributed by atoms with Gasteiger partial charge in [0.05, 0.1) is 6.54 Å². The summed E-state index contributed by atoms with van der Waals surface area (Å²) in [6.07, 6.45) is 1.57. The maximum absolute atomic E-state index is 12.2. The number of hydrogen-bond acceptors (Lipinski definition) is 3. The summed E-state index contributed by atoms with van der Waals surface area (Å²) in [6, 6.07) is 7.79. The van der Waals surface area contributed by atoms with E-state index in [-0.39, 0.29) is 30.1 Å². The number of carboxylic acids is 1. The first-order valence-electron chi connectivity index (χ1n) is 8.97. The molecule has 7 heteroatoms. The van der Waals surface area contributed by atoms with E-state index in [0.717, 1.165) is 18.4 Å². The SMILES string of the molecule is CCN(CC(=O)O)C1CC(NC(=O)NCC(C)(C)c2ccc(Cl)cc2)C1. The van der Waals surface area contributed by atoms with Gasteiger partial charge in [-0.2, -0.15) is 0 Å². The second kappa shape index (κ2) is 8.73. The van der Waals surface area contributed by atoms with Crippen molar-refractivity contribution >= 4 is 23.6 Å². The van der Waals surface area contributed by atoms with E-state index in [9.17, 15) is 9.59 Å². The molecule has 0 radical (unpaired) electrons. The lowest BCUT2D eigenvalue weighted by Gasteiger charge is -2.42. The van der Waals surface area contributed by atoms with Crippen LogP contribution in [0, 0.1) is 0 Å². The molecule has 0 aromatic heterocycles. The summed E-state index contributed by atoms with van der Waals surface area (Å²) in [5.41, 5.74) is 0.906. The van der Waals surface area contributed by atoms with E-state index in [1.165, 1.54) is 0 Å². The number of urea groups is 1. The largest absolute Gasteiger partial charge is 0.480 e. The summed E-state index contributed by atoms with van der Waals surface area (Å²) in [7, 11) is 0. The molecule has 0 spiro atoms. The number of carbonyl (C=O) groups is 2. The summed E-state index contributed by atoms with van der Waals surface area (Å²) < 4.78 is 0. The molecule has 0 aliphatic heterocycles. The molecule has 3 N–H and O–H groups in total. The third-order valence-electron chi connectivity index (χ3n) is 5.03. The standard InChI is InChI=1S/C19H28ClN3O3/c1-4-23(11-17(24)25)16-9-15(10-16)22-18(26)21-12-19(2,3)13-5-7-14(20)8-6-13/h5-8,15-16H,4,9-12H2,1-3H3,(H,24,25)(H2,21,22,26). The van der Waals surface area contributed by atoms with Crippen molar-refractivity contribution in [3.63, 3.8) is 0 Å². The average Bonchev–Trinajstić information content (AvgIpc) is 2.54. The van der Waals surface area contributed by atoms with Crippen LogP contribution in [-0.2, 0) is 10.2 Å². The maximum atomic E-state index is 12.2. The zero-order chi connectivity index (χ0) is 19.3. The van der Waals surface area contributed by atoms with Crippen molar-refractivity contribution in [1.82, 2.24) is 15.5 Å². The number of amides is 2. The van der Waals surface area contributed by atoms with Crippen LogP contribution in [-0.4, -0.2) is 53.7 Å². The lowest BCUT2D eigenvalue weighted by molar-refractivity contribution is -0.139. The normalized spacial score (nSPS) is 19.7. The molecule has 0 atom stereocenters. The van der Waals surface area contributed by atoms with Gasteiger partial charge in [-0.3, -0.25) is 9.69 Å². The second-order valence-electron chi connectivity index (χ2n) is 7.50. The molecule has 2 amide bonds. The number of hydrogen-bond donors (Lipinski definition) is 3. The van der Waals surface area contributed by atoms with Crippen molar-refractivity contribution in [2.75, 3.05) is 19.6 Å². The van der Waals surface area contributed by atoms with Crippen LogP contribution in [0.5, 0.6) is 0 Å². The zero-order valence-electron chi connectivity index (χ0n) is 15.6. The molecule has 1 saturated carbocycles. The Kier molecular flexibility index (Phi) is 6.89. The zero-order valence-corrected chi connectivity index (χ0v) is 16.3. The van der Waals surface area contributed by atoms with E-state index in [1.807, 2.05) is 36.1 Å². The number of halogens is 1. The quantitative estimate of drug-likeness (QED) is 0.646. The van der Waals surface area contributed by atoms with Gasteiger partial charge in [0.2, 0.25) is 0 Å². The molecular weight excluding hydrogens is 354 g/mol. The van der Waals surface area contributed by atoms with Gasteiger partial charge < -0.3 is 15.7 Å². The number of rotatable bonds is 8. The number of carboxylic acid groups (broad SMARTS) is 1. The summed E-state index contributed by atoms with van der Waals surface area (Å²) in [5, 5.41) is 15.5. The van der Waals surface area contributed by atoms with Crippen molar-refractivity contribution in [2.24, 2.45) is 0 Å². The van der Waals surface area contributed by atoms with E-state index < -0.39 is 5.97 Å². The molecule has 1 fully saturated rings. The van der Waals surface area contributed by atoms with E-state index >= 15 is 0 Å². The Labute approximate surface area is 159 Å². The van der Waals surface area contributed by atoms with Gasteiger partial charge in [0.15, 0.2) is 0 Å². The number of aliphatic carboxylic acids is 1. The molecule has 1 aromatic carbocycles. The Morgan fingerprint density at radius 3 is 2.42 bits per heavy atom. The van der Waals surface area contributed by atoms with Crippen LogP contribution < -0.4 is 10.6 Å². The van der Waals surface area contributed by atoms with Crippen LogP contribution in [0.2, 0.25) is 5.02 Å². The molecule has 0 unspecified atom stereocenters. The molecule has 1 aliphatic rings. The minimum absolute atomic E-state index is 0.0510. The monoisotopic (exact) mass is 381 g/mol. The van der Waals surface area contributed by atoms with E-state index in [4.69, 9.17) is 16.7 Å². The van der Waals surface area contributed by atoms with Crippen LogP contribution in [0.3, 0.4) is 0 Å². The van der Waals surface area contributed by atoms with Gasteiger partial charge in [0, 0.05) is 29.1 Å². The topological polar surface area (TPSA) is 81.7 Å². The molecule has 6 nitrogen and oxygen atoms in total. The van der Waals surface area contributed by atoms with Crippen molar-refractivity contribution in [3.8, 4) is 0 Å². The Morgan fingerprint density at radius 1 is 1.27 bits per heavy atom. The molecule has 2 rings (SSSR count). The number of nitrogens with zero attached hydrogens (tertiary/aromatic N) is 1. The van der Waals surface area contributed by atoms with Crippen molar-refractivity contribution < 1.29 is 14.7 Å². The first-order valence-corrected chi connectivity index (χ1v) is 9.35. The third-order valence-corrected chi connectivity index (χ3v) is 5.28. The average molecular weight is 382 g/mol. The van der Waals surface area contributed by atoms with Gasteiger partial charge in [-0.1, -0.05) is 44.5 Å². The lowest BCUT2D eigenvalue weighted by Crippen LogP contribution is -2.56. The lowest BCUT2D eigenvalue weighted by atomic mass is 9.84. The fourth-order valence-corrected chi connectivity index (χ4v) is 3.34. The van der Waals surface area contributed by atoms with Crippen LogP contribution in [0.15, 0.2) is 24.3 Å². The smallest absolute Gasteiger partial charge is 0.317 e. The summed E-state index contributed by atoms with van der Waals surface area (Å²) in [5.74, 6) is -0.814. The Morgan fingerprint density at radius 2 is 1.88 bits per heavy atom. The predicted molar refractivity (Wildman–Crippen MR) is 103 cm³/mol. The van der Waals surface area contributed by atoms with Gasteiger partial charge in [-0.25, -0.2) is 4.79 Å². The third kappa shape index (κ3) is 5.61. The van der Waals surface area contributed by atoms with Crippen molar-refractivity contribution in [1.29, 1.82) is 0 Å². The highest BCUT2D eigenvalue weighted by atomic mass is 35.5. The fourth-order valence-electron chi connectivity index (χ4n) is 3.22. The summed E-state index contributed by atoms with van der Waals surface area (Å²) in [6.45, 7) is 7.36. The maximum Gasteiger partial charge on any atom is 0.317 e. The molecule has 1 aliphatic carbocycles. The fraction of sp³-hybridized carbons (Fsp3) is 0.579.